The number of nitrogens with one attached hydrogen (secondary N) is 1. The van der Waals surface area contributed by atoms with Gasteiger partial charge in [0.1, 0.15) is 0 Å². The average Bonchev–Trinajstić information content (AvgIpc) is 3.25. The van der Waals surface area contributed by atoms with Crippen LogP contribution in [0.5, 0.6) is 0 Å². The standard InChI is InChI=1S/C20H32N4O/c1-4-23(18-7-5-6-17(2)14-18)12-10-22-19(21-3)24-11-8-20(15-24)9-13-25-16-20/h5-7,14H,4,8-13,15-16H2,1-3H3,(H,21,22). The zero-order valence-corrected chi connectivity index (χ0v) is 15.9. The molecule has 2 fully saturated rings. The van der Waals surface area contributed by atoms with Gasteiger partial charge in [-0.2, -0.15) is 0 Å². The first-order valence-electron chi connectivity index (χ1n) is 9.51. The lowest BCUT2D eigenvalue weighted by atomic mass is 9.87. The van der Waals surface area contributed by atoms with E-state index in [1.165, 1.54) is 24.1 Å². The molecule has 2 saturated heterocycles. The van der Waals surface area contributed by atoms with Gasteiger partial charge in [-0.05, 0) is 44.4 Å². The number of nitrogens with zero attached hydrogens (tertiary/aromatic N) is 3. The average molecular weight is 345 g/mol. The predicted octanol–water partition coefficient (Wildman–Crippen LogP) is 2.51. The fourth-order valence-corrected chi connectivity index (χ4v) is 4.02. The molecule has 25 heavy (non-hydrogen) atoms. The summed E-state index contributed by atoms with van der Waals surface area (Å²) >= 11 is 0. The van der Waals surface area contributed by atoms with Crippen LogP contribution in [0, 0.1) is 12.3 Å². The van der Waals surface area contributed by atoms with Crippen LogP contribution in [0.2, 0.25) is 0 Å². The Morgan fingerprint density at radius 2 is 2.28 bits per heavy atom. The lowest BCUT2D eigenvalue weighted by Gasteiger charge is -2.27. The van der Waals surface area contributed by atoms with Gasteiger partial charge in [0.15, 0.2) is 5.96 Å². The number of likely N-dealkylation sites (tertiary alicyclic amines) is 1. The molecule has 0 saturated carbocycles. The van der Waals surface area contributed by atoms with E-state index in [4.69, 9.17) is 4.74 Å². The van der Waals surface area contributed by atoms with E-state index in [1.54, 1.807) is 0 Å². The van der Waals surface area contributed by atoms with Gasteiger partial charge in [0.05, 0.1) is 6.61 Å². The van der Waals surface area contributed by atoms with Crippen LogP contribution in [-0.2, 0) is 4.74 Å². The number of guanidine groups is 1. The summed E-state index contributed by atoms with van der Waals surface area (Å²) < 4.78 is 5.64. The molecule has 1 aromatic carbocycles. The summed E-state index contributed by atoms with van der Waals surface area (Å²) in [6.45, 7) is 11.2. The van der Waals surface area contributed by atoms with Crippen molar-refractivity contribution in [2.24, 2.45) is 10.4 Å². The van der Waals surface area contributed by atoms with Crippen molar-refractivity contribution in [2.75, 3.05) is 57.9 Å². The molecule has 3 rings (SSSR count). The van der Waals surface area contributed by atoms with Crippen LogP contribution in [0.3, 0.4) is 0 Å². The first-order chi connectivity index (χ1) is 12.2. The molecule has 2 aliphatic heterocycles. The lowest BCUT2D eigenvalue weighted by molar-refractivity contribution is 0.156. The van der Waals surface area contributed by atoms with Gasteiger partial charge < -0.3 is 19.9 Å². The number of hydrogen-bond acceptors (Lipinski definition) is 3. The van der Waals surface area contributed by atoms with E-state index in [2.05, 4.69) is 58.2 Å². The molecule has 1 unspecified atom stereocenters. The van der Waals surface area contributed by atoms with Crippen LogP contribution in [-0.4, -0.2) is 63.8 Å². The van der Waals surface area contributed by atoms with Crippen molar-refractivity contribution < 1.29 is 4.74 Å². The van der Waals surface area contributed by atoms with Gasteiger partial charge in [-0.1, -0.05) is 12.1 Å². The topological polar surface area (TPSA) is 40.1 Å². The number of rotatable bonds is 5. The predicted molar refractivity (Wildman–Crippen MR) is 104 cm³/mol. The largest absolute Gasteiger partial charge is 0.381 e. The minimum absolute atomic E-state index is 0.370. The summed E-state index contributed by atoms with van der Waals surface area (Å²) in [5.74, 6) is 1.03. The summed E-state index contributed by atoms with van der Waals surface area (Å²) in [5, 5.41) is 3.56. The molecule has 0 aromatic heterocycles. The second-order valence-electron chi connectivity index (χ2n) is 7.37. The Morgan fingerprint density at radius 3 is 2.96 bits per heavy atom. The third-order valence-electron chi connectivity index (χ3n) is 5.55. The van der Waals surface area contributed by atoms with E-state index < -0.39 is 0 Å². The molecule has 1 spiro atoms. The molecular formula is C20H32N4O. The number of aliphatic imine (C=N–C) groups is 1. The first-order valence-corrected chi connectivity index (χ1v) is 9.51. The van der Waals surface area contributed by atoms with Crippen LogP contribution in [0.15, 0.2) is 29.3 Å². The Morgan fingerprint density at radius 1 is 1.40 bits per heavy atom. The maximum absolute atomic E-state index is 5.64. The molecule has 2 aliphatic rings. The van der Waals surface area contributed by atoms with Gasteiger partial charge in [0, 0.05) is 57.5 Å². The molecule has 1 N–H and O–H groups in total. The monoisotopic (exact) mass is 344 g/mol. The van der Waals surface area contributed by atoms with E-state index in [0.29, 0.717) is 5.41 Å². The van der Waals surface area contributed by atoms with Gasteiger partial charge in [-0.15, -0.1) is 0 Å². The SMILES string of the molecule is CCN(CCNC(=NC)N1CCC2(CCOC2)C1)c1cccc(C)c1. The summed E-state index contributed by atoms with van der Waals surface area (Å²) in [4.78, 5) is 9.31. The Hall–Kier alpha value is -1.75. The number of anilines is 1. The molecule has 138 valence electrons. The Kier molecular flexibility index (Phi) is 5.84. The maximum Gasteiger partial charge on any atom is 0.193 e. The van der Waals surface area contributed by atoms with Crippen LogP contribution >= 0.6 is 0 Å². The molecule has 5 nitrogen and oxygen atoms in total. The van der Waals surface area contributed by atoms with E-state index in [1.807, 2.05) is 7.05 Å². The number of benzene rings is 1. The van der Waals surface area contributed by atoms with E-state index in [0.717, 1.165) is 51.9 Å². The smallest absolute Gasteiger partial charge is 0.193 e. The van der Waals surface area contributed by atoms with Gasteiger partial charge in [0.2, 0.25) is 0 Å². The molecule has 2 heterocycles. The molecule has 0 bridgehead atoms. The van der Waals surface area contributed by atoms with Crippen molar-refractivity contribution in [3.05, 3.63) is 29.8 Å². The number of ether oxygens (including phenoxy) is 1. The zero-order valence-electron chi connectivity index (χ0n) is 15.9. The maximum atomic E-state index is 5.64. The van der Waals surface area contributed by atoms with Crippen molar-refractivity contribution in [1.29, 1.82) is 0 Å². The Bertz CT molecular complexity index is 595. The molecular weight excluding hydrogens is 312 g/mol. The lowest BCUT2D eigenvalue weighted by Crippen LogP contribution is -2.44. The van der Waals surface area contributed by atoms with Crippen molar-refractivity contribution in [3.63, 3.8) is 0 Å². The quantitative estimate of drug-likeness (QED) is 0.658. The number of aryl methyl sites for hydroxylation is 1. The molecule has 0 radical (unpaired) electrons. The van der Waals surface area contributed by atoms with Gasteiger partial charge >= 0.3 is 0 Å². The Labute approximate surface area is 152 Å². The van der Waals surface area contributed by atoms with E-state index in [9.17, 15) is 0 Å². The number of likely N-dealkylation sites (N-methyl/N-ethyl adjacent to an activating group) is 1. The zero-order chi connectivity index (χ0) is 17.7. The van der Waals surface area contributed by atoms with Crippen molar-refractivity contribution >= 4 is 11.6 Å². The normalized spacial score (nSPS) is 23.5. The van der Waals surface area contributed by atoms with Gasteiger partial charge in [-0.25, -0.2) is 0 Å². The highest BCUT2D eigenvalue weighted by Gasteiger charge is 2.42. The van der Waals surface area contributed by atoms with Crippen LogP contribution in [0.1, 0.15) is 25.3 Å². The highest BCUT2D eigenvalue weighted by atomic mass is 16.5. The highest BCUT2D eigenvalue weighted by Crippen LogP contribution is 2.38. The third-order valence-corrected chi connectivity index (χ3v) is 5.55. The molecule has 0 amide bonds. The molecule has 1 aromatic rings. The van der Waals surface area contributed by atoms with Gasteiger partial charge in [0.25, 0.3) is 0 Å². The first kappa shape index (κ1) is 18.1. The van der Waals surface area contributed by atoms with Crippen LogP contribution in [0.25, 0.3) is 0 Å². The molecule has 1 atom stereocenters. The summed E-state index contributed by atoms with van der Waals surface area (Å²) in [5.41, 5.74) is 2.97. The second-order valence-corrected chi connectivity index (χ2v) is 7.37. The molecule has 0 aliphatic carbocycles. The highest BCUT2D eigenvalue weighted by molar-refractivity contribution is 5.80. The van der Waals surface area contributed by atoms with Crippen molar-refractivity contribution in [2.45, 2.75) is 26.7 Å². The van der Waals surface area contributed by atoms with E-state index >= 15 is 0 Å². The second kappa shape index (κ2) is 8.09. The fourth-order valence-electron chi connectivity index (χ4n) is 4.02. The minimum atomic E-state index is 0.370. The van der Waals surface area contributed by atoms with Gasteiger partial charge in [-0.3, -0.25) is 4.99 Å². The third kappa shape index (κ3) is 4.27. The minimum Gasteiger partial charge on any atom is -0.381 e. The van der Waals surface area contributed by atoms with Crippen LogP contribution in [0.4, 0.5) is 5.69 Å². The van der Waals surface area contributed by atoms with E-state index in [-0.39, 0.29) is 0 Å². The molecule has 5 heteroatoms. The van der Waals surface area contributed by atoms with Crippen LogP contribution < -0.4 is 10.2 Å². The Balaban J connectivity index is 1.51. The summed E-state index contributed by atoms with van der Waals surface area (Å²) in [6.07, 6.45) is 2.41. The van der Waals surface area contributed by atoms with Crippen molar-refractivity contribution in [1.82, 2.24) is 10.2 Å². The summed E-state index contributed by atoms with van der Waals surface area (Å²) in [7, 11) is 1.89. The number of hydrogen-bond donors (Lipinski definition) is 1. The fraction of sp³-hybridized carbons (Fsp3) is 0.650. The summed E-state index contributed by atoms with van der Waals surface area (Å²) in [6, 6.07) is 8.72. The van der Waals surface area contributed by atoms with Crippen molar-refractivity contribution in [3.8, 4) is 0 Å².